The number of carboxylic acid groups (broad SMARTS) is 1. The van der Waals surface area contributed by atoms with Crippen LogP contribution in [0.2, 0.25) is 10.0 Å². The molecule has 3 aliphatic rings. The summed E-state index contributed by atoms with van der Waals surface area (Å²) in [4.78, 5) is 47.8. The Hall–Kier alpha value is -2.90. The lowest BCUT2D eigenvalue weighted by molar-refractivity contribution is -0.238. The molecule has 1 heterocycles. The van der Waals surface area contributed by atoms with Gasteiger partial charge >= 0.3 is 17.9 Å². The molecular formula is C26H24Cl2O7. The summed E-state index contributed by atoms with van der Waals surface area (Å²) in [5.41, 5.74) is 0.205. The highest BCUT2D eigenvalue weighted by molar-refractivity contribution is 6.30. The van der Waals surface area contributed by atoms with Crippen molar-refractivity contribution in [1.29, 1.82) is 0 Å². The Kier molecular flexibility index (Phi) is 6.45. The number of carboxylic acids is 1. The van der Waals surface area contributed by atoms with Crippen molar-refractivity contribution in [3.63, 3.8) is 0 Å². The molecule has 9 heteroatoms. The molecule has 35 heavy (non-hydrogen) atoms. The van der Waals surface area contributed by atoms with Gasteiger partial charge in [-0.15, -0.1) is 0 Å². The summed E-state index contributed by atoms with van der Waals surface area (Å²) in [5, 5.41) is 10.2. The van der Waals surface area contributed by atoms with E-state index in [9.17, 15) is 19.2 Å². The van der Waals surface area contributed by atoms with Crippen LogP contribution in [0.1, 0.15) is 50.7 Å². The maximum absolute atomic E-state index is 12.8. The molecule has 0 radical (unpaired) electrons. The second-order valence-electron chi connectivity index (χ2n) is 9.52. The van der Waals surface area contributed by atoms with E-state index in [2.05, 4.69) is 0 Å². The standard InChI is InChI=1S/C16H15ClO5.C10H9ClO2/c1-15(2)21-13(19)11(14(20)22-15)12(18)16(7-8-16)9-3-5-10(17)6-4-9;11-8-3-1-7(2-4-8)10(5-6-10)9(12)13/h3-6,11H,7-8H2,1-2H3;1-4H,5-6H2,(H,12,13). The van der Waals surface area contributed by atoms with Crippen LogP contribution in [-0.4, -0.2) is 34.6 Å². The molecule has 2 aromatic carbocycles. The van der Waals surface area contributed by atoms with E-state index in [1.54, 1.807) is 48.5 Å². The summed E-state index contributed by atoms with van der Waals surface area (Å²) in [5.74, 6) is -5.71. The summed E-state index contributed by atoms with van der Waals surface area (Å²) in [6, 6.07) is 13.9. The van der Waals surface area contributed by atoms with Gasteiger partial charge in [0.2, 0.25) is 5.92 Å². The van der Waals surface area contributed by atoms with E-state index in [0.29, 0.717) is 22.9 Å². The molecule has 0 atom stereocenters. The van der Waals surface area contributed by atoms with Crippen molar-refractivity contribution in [2.45, 2.75) is 56.1 Å². The van der Waals surface area contributed by atoms with E-state index < -0.39 is 46.2 Å². The van der Waals surface area contributed by atoms with Crippen molar-refractivity contribution in [2.24, 2.45) is 5.92 Å². The first-order chi connectivity index (χ1) is 16.4. The summed E-state index contributed by atoms with van der Waals surface area (Å²) in [7, 11) is 0. The van der Waals surface area contributed by atoms with Crippen molar-refractivity contribution < 1.29 is 33.8 Å². The largest absolute Gasteiger partial charge is 0.481 e. The molecule has 184 valence electrons. The highest BCUT2D eigenvalue weighted by Crippen LogP contribution is 2.51. The number of esters is 2. The molecule has 0 unspecified atom stereocenters. The molecule has 5 rings (SSSR count). The average molecular weight is 519 g/mol. The fourth-order valence-corrected chi connectivity index (χ4v) is 4.55. The van der Waals surface area contributed by atoms with Gasteiger partial charge in [0.1, 0.15) is 0 Å². The first-order valence-corrected chi connectivity index (χ1v) is 11.9. The zero-order valence-electron chi connectivity index (χ0n) is 19.2. The van der Waals surface area contributed by atoms with Gasteiger partial charge in [-0.05, 0) is 61.1 Å². The van der Waals surface area contributed by atoms with Gasteiger partial charge in [0.15, 0.2) is 5.78 Å². The van der Waals surface area contributed by atoms with E-state index in [1.807, 2.05) is 0 Å². The molecule has 0 spiro atoms. The van der Waals surface area contributed by atoms with E-state index in [4.69, 9.17) is 37.8 Å². The van der Waals surface area contributed by atoms with Crippen LogP contribution in [0.5, 0.6) is 0 Å². The molecule has 2 saturated carbocycles. The summed E-state index contributed by atoms with van der Waals surface area (Å²) >= 11 is 11.6. The third kappa shape index (κ3) is 4.93. The zero-order chi connectivity index (χ0) is 25.6. The van der Waals surface area contributed by atoms with Crippen LogP contribution in [0.3, 0.4) is 0 Å². The molecule has 1 N–H and O–H groups in total. The van der Waals surface area contributed by atoms with Crippen LogP contribution in [0.25, 0.3) is 0 Å². The molecule has 2 aliphatic carbocycles. The van der Waals surface area contributed by atoms with Crippen LogP contribution in [0.4, 0.5) is 0 Å². The van der Waals surface area contributed by atoms with Crippen molar-refractivity contribution in [3.8, 4) is 0 Å². The van der Waals surface area contributed by atoms with Crippen molar-refractivity contribution in [3.05, 3.63) is 69.7 Å². The predicted octanol–water partition coefficient (Wildman–Crippen LogP) is 4.85. The highest BCUT2D eigenvalue weighted by Gasteiger charge is 2.59. The number of hydrogen-bond donors (Lipinski definition) is 1. The molecule has 0 aromatic heterocycles. The third-order valence-electron chi connectivity index (χ3n) is 6.60. The number of carbonyl (C=O) groups excluding carboxylic acids is 3. The van der Waals surface area contributed by atoms with Gasteiger partial charge in [0, 0.05) is 23.9 Å². The monoisotopic (exact) mass is 518 g/mol. The fourth-order valence-electron chi connectivity index (χ4n) is 4.30. The normalized spacial score (nSPS) is 21.0. The number of rotatable bonds is 5. The maximum atomic E-state index is 12.8. The number of carbonyl (C=O) groups is 4. The van der Waals surface area contributed by atoms with Crippen LogP contribution in [0.15, 0.2) is 48.5 Å². The van der Waals surface area contributed by atoms with Crippen LogP contribution in [0, 0.1) is 5.92 Å². The van der Waals surface area contributed by atoms with E-state index in [1.165, 1.54) is 13.8 Å². The summed E-state index contributed by atoms with van der Waals surface area (Å²) in [6.07, 6.45) is 2.66. The topological polar surface area (TPSA) is 107 Å². The predicted molar refractivity (Wildman–Crippen MR) is 127 cm³/mol. The van der Waals surface area contributed by atoms with Gasteiger partial charge < -0.3 is 14.6 Å². The van der Waals surface area contributed by atoms with Crippen LogP contribution in [-0.2, 0) is 39.5 Å². The third-order valence-corrected chi connectivity index (χ3v) is 7.10. The van der Waals surface area contributed by atoms with Crippen LogP contribution >= 0.6 is 23.2 Å². The number of ketones is 1. The van der Waals surface area contributed by atoms with Gasteiger partial charge in [-0.25, -0.2) is 0 Å². The number of halogens is 2. The second-order valence-corrected chi connectivity index (χ2v) is 10.4. The Morgan fingerprint density at radius 2 is 1.14 bits per heavy atom. The van der Waals surface area contributed by atoms with Gasteiger partial charge in [0.25, 0.3) is 5.79 Å². The zero-order valence-corrected chi connectivity index (χ0v) is 20.7. The van der Waals surface area contributed by atoms with Gasteiger partial charge in [0.05, 0.1) is 10.8 Å². The number of aliphatic carboxylic acids is 1. The second kappa shape index (κ2) is 8.95. The van der Waals surface area contributed by atoms with E-state index in [-0.39, 0.29) is 0 Å². The summed E-state index contributed by atoms with van der Waals surface area (Å²) in [6.45, 7) is 2.91. The van der Waals surface area contributed by atoms with Gasteiger partial charge in [-0.3, -0.25) is 19.2 Å². The number of Topliss-reactive ketones (excluding diaryl/α,β-unsaturated/α-hetero) is 1. The van der Waals surface area contributed by atoms with Crippen molar-refractivity contribution >= 4 is 46.9 Å². The minimum atomic E-state index is -1.51. The molecular weight excluding hydrogens is 495 g/mol. The minimum absolute atomic E-state index is 0.458. The Morgan fingerprint density at radius 1 is 0.771 bits per heavy atom. The SMILES string of the molecule is CC1(C)OC(=O)C(C(=O)C2(c3ccc(Cl)cc3)CC2)C(=O)O1.O=C(O)C1(c2ccc(Cl)cc2)CC1. The smallest absolute Gasteiger partial charge is 0.331 e. The lowest BCUT2D eigenvalue weighted by Gasteiger charge is -2.33. The highest BCUT2D eigenvalue weighted by atomic mass is 35.5. The Labute approximate surface area is 212 Å². The van der Waals surface area contributed by atoms with Crippen molar-refractivity contribution in [1.82, 2.24) is 0 Å². The minimum Gasteiger partial charge on any atom is -0.481 e. The van der Waals surface area contributed by atoms with Gasteiger partial charge in [-0.2, -0.15) is 0 Å². The Balaban J connectivity index is 0.000000189. The average Bonchev–Trinajstić information content (AvgIpc) is 3.68. The lowest BCUT2D eigenvalue weighted by Crippen LogP contribution is -2.51. The lowest BCUT2D eigenvalue weighted by atomic mass is 9.84. The van der Waals surface area contributed by atoms with Crippen molar-refractivity contribution in [2.75, 3.05) is 0 Å². The quantitative estimate of drug-likeness (QED) is 0.445. The molecule has 1 aliphatic heterocycles. The number of ether oxygens (including phenoxy) is 2. The first kappa shape index (κ1) is 25.2. The molecule has 0 amide bonds. The Bertz CT molecular complexity index is 1160. The maximum Gasteiger partial charge on any atom is 0.331 e. The van der Waals surface area contributed by atoms with Gasteiger partial charge in [-0.1, -0.05) is 47.5 Å². The molecule has 3 fully saturated rings. The molecule has 0 bridgehead atoms. The molecule has 2 aromatic rings. The fraction of sp³-hybridized carbons (Fsp3) is 0.385. The summed E-state index contributed by atoms with van der Waals surface area (Å²) < 4.78 is 10.1. The van der Waals surface area contributed by atoms with E-state index >= 15 is 0 Å². The number of benzene rings is 2. The number of hydrogen-bond acceptors (Lipinski definition) is 6. The van der Waals surface area contributed by atoms with E-state index in [0.717, 1.165) is 24.0 Å². The number of cyclic esters (lactones) is 2. The van der Waals surface area contributed by atoms with Crippen LogP contribution < -0.4 is 0 Å². The molecule has 1 saturated heterocycles. The molecule has 7 nitrogen and oxygen atoms in total. The first-order valence-electron chi connectivity index (χ1n) is 11.2. The Morgan fingerprint density at radius 3 is 1.49 bits per heavy atom.